The van der Waals surface area contributed by atoms with Crippen molar-refractivity contribution < 1.29 is 19.0 Å². The lowest BCUT2D eigenvalue weighted by Crippen LogP contribution is -2.14. The van der Waals surface area contributed by atoms with Crippen LogP contribution in [0.15, 0.2) is 12.1 Å². The maximum Gasteiger partial charge on any atom is 0.180 e. The van der Waals surface area contributed by atoms with Gasteiger partial charge in [-0.25, -0.2) is 4.39 Å². The predicted molar refractivity (Wildman–Crippen MR) is 48.0 cm³/mol. The van der Waals surface area contributed by atoms with Gasteiger partial charge in [-0.2, -0.15) is 0 Å². The summed E-state index contributed by atoms with van der Waals surface area (Å²) in [7, 11) is 1.27. The molecule has 0 radical (unpaired) electrons. The fraction of sp³-hybridized carbons (Fsp3) is 0.222. The highest BCUT2D eigenvalue weighted by molar-refractivity contribution is 6.00. The summed E-state index contributed by atoms with van der Waals surface area (Å²) in [5, 5.41) is 9.33. The molecule has 0 spiro atoms. The molecule has 0 saturated heterocycles. The maximum absolute atomic E-state index is 13.1. The van der Waals surface area contributed by atoms with Crippen LogP contribution in [0, 0.1) is 5.82 Å². The molecule has 0 aliphatic carbocycles. The van der Waals surface area contributed by atoms with Gasteiger partial charge in [0.05, 0.1) is 19.2 Å². The zero-order valence-electron chi connectivity index (χ0n) is 7.58. The normalized spacial score (nSPS) is 9.93. The number of ether oxygens (including phenoxy) is 1. The zero-order chi connectivity index (χ0) is 10.7. The topological polar surface area (TPSA) is 72.5 Å². The predicted octanol–water partition coefficient (Wildman–Crippen LogP) is 0.681. The first kappa shape index (κ1) is 10.5. The summed E-state index contributed by atoms with van der Waals surface area (Å²) in [6, 6.07) is 1.95. The Labute approximate surface area is 80.1 Å². The number of methoxy groups -OCH3 is 1. The van der Waals surface area contributed by atoms with E-state index in [1.165, 1.54) is 7.11 Å². The van der Waals surface area contributed by atoms with Crippen LogP contribution >= 0.6 is 0 Å². The van der Waals surface area contributed by atoms with E-state index in [2.05, 4.69) is 4.74 Å². The van der Waals surface area contributed by atoms with E-state index in [0.29, 0.717) is 0 Å². The minimum absolute atomic E-state index is 0.115. The van der Waals surface area contributed by atoms with Crippen LogP contribution in [0.4, 0.5) is 4.39 Å². The van der Waals surface area contributed by atoms with Gasteiger partial charge in [0, 0.05) is 6.07 Å². The van der Waals surface area contributed by atoms with Crippen LogP contribution in [0.25, 0.3) is 0 Å². The Morgan fingerprint density at radius 1 is 1.64 bits per heavy atom. The number of hydrogen-bond acceptors (Lipinski definition) is 4. The van der Waals surface area contributed by atoms with E-state index in [1.54, 1.807) is 0 Å². The Balaban J connectivity index is 3.21. The second-order valence-corrected chi connectivity index (χ2v) is 2.63. The minimum atomic E-state index is -0.706. The number of benzene rings is 1. The summed E-state index contributed by atoms with van der Waals surface area (Å²) in [6.07, 6.45) is 0. The van der Waals surface area contributed by atoms with Crippen molar-refractivity contribution >= 4 is 5.78 Å². The Morgan fingerprint density at radius 2 is 2.29 bits per heavy atom. The van der Waals surface area contributed by atoms with Crippen LogP contribution in [-0.2, 0) is 0 Å². The van der Waals surface area contributed by atoms with E-state index in [-0.39, 0.29) is 23.6 Å². The molecule has 0 atom stereocenters. The molecule has 0 aliphatic rings. The molecule has 0 aliphatic heterocycles. The van der Waals surface area contributed by atoms with Crippen LogP contribution < -0.4 is 10.5 Å². The van der Waals surface area contributed by atoms with E-state index in [9.17, 15) is 14.3 Å². The average Bonchev–Trinajstić information content (AvgIpc) is 2.19. The lowest BCUT2D eigenvalue weighted by molar-refractivity contribution is 0.0998. The van der Waals surface area contributed by atoms with Crippen LogP contribution in [0.3, 0.4) is 0 Å². The molecule has 1 rings (SSSR count). The molecule has 0 aromatic heterocycles. The molecule has 1 aromatic rings. The van der Waals surface area contributed by atoms with Crippen molar-refractivity contribution in [3.05, 3.63) is 23.5 Å². The number of hydrogen-bond donors (Lipinski definition) is 2. The highest BCUT2D eigenvalue weighted by atomic mass is 19.1. The summed E-state index contributed by atoms with van der Waals surface area (Å²) in [4.78, 5) is 11.1. The molecule has 0 bridgehead atoms. The zero-order valence-corrected chi connectivity index (χ0v) is 7.58. The highest BCUT2D eigenvalue weighted by Gasteiger charge is 2.14. The number of carbonyl (C=O) groups excluding carboxylic acids is 1. The standard InChI is InChI=1S/C9H10FNO3/c1-14-9-3-7(12)5(2-6(9)10)8(13)4-11/h2-3,12H,4,11H2,1H3. The molecular formula is C9H10FNO3. The van der Waals surface area contributed by atoms with Gasteiger partial charge >= 0.3 is 0 Å². The first-order valence-electron chi connectivity index (χ1n) is 3.90. The van der Waals surface area contributed by atoms with Gasteiger partial charge in [-0.1, -0.05) is 0 Å². The third-order valence-electron chi connectivity index (χ3n) is 1.76. The summed E-state index contributed by atoms with van der Waals surface area (Å²) in [6.45, 7) is -0.278. The number of carbonyl (C=O) groups is 1. The summed E-state index contributed by atoms with van der Waals surface area (Å²) < 4.78 is 17.7. The number of phenolic OH excluding ortho intramolecular Hbond substituents is 1. The fourth-order valence-electron chi connectivity index (χ4n) is 1.03. The van der Waals surface area contributed by atoms with Crippen molar-refractivity contribution in [2.24, 2.45) is 5.73 Å². The van der Waals surface area contributed by atoms with Crippen molar-refractivity contribution in [2.75, 3.05) is 13.7 Å². The van der Waals surface area contributed by atoms with Gasteiger partial charge in [0.2, 0.25) is 0 Å². The van der Waals surface area contributed by atoms with Crippen molar-refractivity contribution in [1.82, 2.24) is 0 Å². The van der Waals surface area contributed by atoms with Crippen LogP contribution in [0.5, 0.6) is 11.5 Å². The number of nitrogens with two attached hydrogens (primary N) is 1. The first-order valence-corrected chi connectivity index (χ1v) is 3.90. The summed E-state index contributed by atoms with van der Waals surface area (Å²) >= 11 is 0. The second kappa shape index (κ2) is 4.06. The highest BCUT2D eigenvalue weighted by Crippen LogP contribution is 2.26. The first-order chi connectivity index (χ1) is 6.60. The van der Waals surface area contributed by atoms with Gasteiger partial charge < -0.3 is 15.6 Å². The molecule has 5 heteroatoms. The van der Waals surface area contributed by atoms with Gasteiger partial charge in [-0.15, -0.1) is 0 Å². The number of halogens is 1. The smallest absolute Gasteiger partial charge is 0.180 e. The van der Waals surface area contributed by atoms with Gasteiger partial charge in [0.1, 0.15) is 5.75 Å². The molecule has 4 nitrogen and oxygen atoms in total. The maximum atomic E-state index is 13.1. The van der Waals surface area contributed by atoms with Crippen molar-refractivity contribution in [2.45, 2.75) is 0 Å². The average molecular weight is 199 g/mol. The Bertz CT molecular complexity index is 365. The molecule has 14 heavy (non-hydrogen) atoms. The summed E-state index contributed by atoms with van der Waals surface area (Å²) in [5.41, 5.74) is 4.95. The molecule has 0 unspecified atom stereocenters. The lowest BCUT2D eigenvalue weighted by atomic mass is 10.1. The third-order valence-corrected chi connectivity index (χ3v) is 1.76. The third kappa shape index (κ3) is 1.82. The van der Waals surface area contributed by atoms with E-state index >= 15 is 0 Å². The summed E-state index contributed by atoms with van der Waals surface area (Å²) in [5.74, 6) is -1.68. The van der Waals surface area contributed by atoms with E-state index < -0.39 is 11.6 Å². The van der Waals surface area contributed by atoms with Gasteiger partial charge in [0.15, 0.2) is 17.3 Å². The molecular weight excluding hydrogens is 189 g/mol. The molecule has 0 heterocycles. The van der Waals surface area contributed by atoms with Gasteiger partial charge in [0.25, 0.3) is 0 Å². The van der Waals surface area contributed by atoms with E-state index in [0.717, 1.165) is 12.1 Å². The molecule has 76 valence electrons. The largest absolute Gasteiger partial charge is 0.507 e. The van der Waals surface area contributed by atoms with Crippen LogP contribution in [-0.4, -0.2) is 24.5 Å². The second-order valence-electron chi connectivity index (χ2n) is 2.63. The van der Waals surface area contributed by atoms with E-state index in [4.69, 9.17) is 5.73 Å². The van der Waals surface area contributed by atoms with Gasteiger partial charge in [-0.05, 0) is 6.07 Å². The lowest BCUT2D eigenvalue weighted by Gasteiger charge is -2.06. The SMILES string of the molecule is COc1cc(O)c(C(=O)CN)cc1F. The number of ketones is 1. The van der Waals surface area contributed by atoms with Crippen molar-refractivity contribution in [1.29, 1.82) is 0 Å². The van der Waals surface area contributed by atoms with Crippen molar-refractivity contribution in [3.8, 4) is 11.5 Å². The molecule has 3 N–H and O–H groups in total. The molecule has 0 saturated carbocycles. The monoisotopic (exact) mass is 199 g/mol. The Morgan fingerprint density at radius 3 is 2.79 bits per heavy atom. The number of rotatable bonds is 3. The quantitative estimate of drug-likeness (QED) is 0.702. The number of phenols is 1. The van der Waals surface area contributed by atoms with E-state index in [1.807, 2.05) is 0 Å². The molecule has 0 fully saturated rings. The number of aromatic hydroxyl groups is 1. The van der Waals surface area contributed by atoms with Crippen molar-refractivity contribution in [3.63, 3.8) is 0 Å². The minimum Gasteiger partial charge on any atom is -0.507 e. The Hall–Kier alpha value is -1.62. The molecule has 0 amide bonds. The van der Waals surface area contributed by atoms with Crippen LogP contribution in [0.1, 0.15) is 10.4 Å². The number of Topliss-reactive ketones (excluding diaryl/α,β-unsaturated/α-hetero) is 1. The van der Waals surface area contributed by atoms with Gasteiger partial charge in [-0.3, -0.25) is 4.79 Å². The fourth-order valence-corrected chi connectivity index (χ4v) is 1.03. The van der Waals surface area contributed by atoms with Crippen LogP contribution in [0.2, 0.25) is 0 Å². The Kier molecular flexibility index (Phi) is 3.03. The molecule has 1 aromatic carbocycles.